The maximum atomic E-state index is 12.2. The topological polar surface area (TPSA) is 88.1 Å². The lowest BCUT2D eigenvalue weighted by atomic mass is 9.94. The van der Waals surface area contributed by atoms with Crippen molar-refractivity contribution < 1.29 is 33.3 Å². The first-order valence-electron chi connectivity index (χ1n) is 9.59. The number of ether oxygens (including phenoxy) is 4. The smallest absolute Gasteiger partial charge is 0.463 e. The molecule has 0 aliphatic heterocycles. The molecule has 1 saturated carbocycles. The Balaban J connectivity index is 1.66. The van der Waals surface area contributed by atoms with Crippen LogP contribution in [-0.4, -0.2) is 37.4 Å². The Morgan fingerprint density at radius 1 is 1.00 bits per heavy atom. The maximum absolute atomic E-state index is 12.2. The number of carbonyl (C=O) groups is 3. The summed E-state index contributed by atoms with van der Waals surface area (Å²) in [7, 11) is 0. The second-order valence-corrected chi connectivity index (χ2v) is 6.66. The second kappa shape index (κ2) is 11.7. The van der Waals surface area contributed by atoms with Crippen molar-refractivity contribution in [3.05, 3.63) is 54.6 Å². The predicted molar refractivity (Wildman–Crippen MR) is 106 cm³/mol. The van der Waals surface area contributed by atoms with Gasteiger partial charge in [0.2, 0.25) is 0 Å². The van der Waals surface area contributed by atoms with Crippen molar-refractivity contribution in [2.24, 2.45) is 0 Å². The van der Waals surface area contributed by atoms with E-state index >= 15 is 0 Å². The highest BCUT2D eigenvalue weighted by Gasteiger charge is 2.20. The van der Waals surface area contributed by atoms with Crippen LogP contribution in [0.2, 0.25) is 0 Å². The van der Waals surface area contributed by atoms with Crippen LogP contribution in [0, 0.1) is 0 Å². The number of unbranched alkanes of at least 4 members (excludes halogenated alkanes) is 1. The molecule has 0 saturated heterocycles. The van der Waals surface area contributed by atoms with Gasteiger partial charge >= 0.3 is 18.1 Å². The Kier molecular flexibility index (Phi) is 8.95. The first-order valence-corrected chi connectivity index (χ1v) is 9.59. The van der Waals surface area contributed by atoms with Crippen molar-refractivity contribution in [2.75, 3.05) is 13.2 Å². The molecule has 0 N–H and O–H groups in total. The van der Waals surface area contributed by atoms with E-state index in [2.05, 4.69) is 13.2 Å². The molecule has 0 aromatic heterocycles. The van der Waals surface area contributed by atoms with Crippen molar-refractivity contribution in [1.82, 2.24) is 0 Å². The zero-order valence-corrected chi connectivity index (χ0v) is 16.4. The van der Waals surface area contributed by atoms with Crippen molar-refractivity contribution in [1.29, 1.82) is 0 Å². The monoisotopic (exact) mass is 402 g/mol. The van der Waals surface area contributed by atoms with Gasteiger partial charge in [0, 0.05) is 6.08 Å². The summed E-state index contributed by atoms with van der Waals surface area (Å²) in [4.78, 5) is 34.7. The second-order valence-electron chi connectivity index (χ2n) is 6.66. The lowest BCUT2D eigenvalue weighted by molar-refractivity contribution is -0.137. The number of benzene rings is 1. The van der Waals surface area contributed by atoms with E-state index in [1.165, 1.54) is 17.7 Å². The van der Waals surface area contributed by atoms with Crippen LogP contribution in [0.15, 0.2) is 49.1 Å². The summed E-state index contributed by atoms with van der Waals surface area (Å²) < 4.78 is 20.3. The Hall–Kier alpha value is -3.09. The Morgan fingerprint density at radius 3 is 2.24 bits per heavy atom. The van der Waals surface area contributed by atoms with Gasteiger partial charge in [0.1, 0.15) is 11.9 Å². The van der Waals surface area contributed by atoms with E-state index in [0.29, 0.717) is 18.4 Å². The van der Waals surface area contributed by atoms with Gasteiger partial charge in [0.15, 0.2) is 0 Å². The van der Waals surface area contributed by atoms with Crippen molar-refractivity contribution >= 4 is 18.1 Å². The van der Waals surface area contributed by atoms with Crippen molar-refractivity contribution in [3.8, 4) is 5.75 Å². The Bertz CT molecular complexity index is 726. The molecule has 7 heteroatoms. The summed E-state index contributed by atoms with van der Waals surface area (Å²) in [6, 6.07) is 6.10. The third-order valence-corrected chi connectivity index (χ3v) is 4.37. The minimum Gasteiger partial charge on any atom is -0.463 e. The first-order chi connectivity index (χ1) is 14.0. The molecule has 0 heterocycles. The molecule has 29 heavy (non-hydrogen) atoms. The maximum Gasteiger partial charge on any atom is 0.513 e. The van der Waals surface area contributed by atoms with Crippen LogP contribution in [-0.2, 0) is 19.0 Å². The molecule has 0 atom stereocenters. The fourth-order valence-electron chi connectivity index (χ4n) is 2.71. The van der Waals surface area contributed by atoms with Gasteiger partial charge in [-0.15, -0.1) is 0 Å². The number of hydrogen-bond donors (Lipinski definition) is 0. The predicted octanol–water partition coefficient (Wildman–Crippen LogP) is 4.37. The molecule has 1 aromatic rings. The van der Waals surface area contributed by atoms with E-state index in [1.807, 2.05) is 0 Å². The van der Waals surface area contributed by atoms with E-state index in [0.717, 1.165) is 31.8 Å². The third kappa shape index (κ3) is 8.21. The molecule has 0 radical (unpaired) electrons. The molecule has 0 bridgehead atoms. The minimum atomic E-state index is -0.842. The number of hydrogen-bond acceptors (Lipinski definition) is 7. The van der Waals surface area contributed by atoms with Crippen molar-refractivity contribution in [2.45, 2.75) is 44.6 Å². The molecule has 1 aliphatic rings. The van der Waals surface area contributed by atoms with Gasteiger partial charge in [0.25, 0.3) is 0 Å². The Morgan fingerprint density at radius 2 is 1.62 bits per heavy atom. The SMILES string of the molecule is C=CC(=O)OCCCCOC(=O)Oc1ccc(C(=O)OC2CCC(=C)CC2)cc1. The zero-order valence-electron chi connectivity index (χ0n) is 16.4. The van der Waals surface area contributed by atoms with Crippen LogP contribution in [0.25, 0.3) is 0 Å². The summed E-state index contributed by atoms with van der Waals surface area (Å²) in [5.41, 5.74) is 1.59. The van der Waals surface area contributed by atoms with Gasteiger partial charge in [0.05, 0.1) is 18.8 Å². The van der Waals surface area contributed by atoms with E-state index in [4.69, 9.17) is 18.9 Å². The highest BCUT2D eigenvalue weighted by atomic mass is 16.7. The highest BCUT2D eigenvalue weighted by molar-refractivity contribution is 5.89. The summed E-state index contributed by atoms with van der Waals surface area (Å²) in [6.07, 6.45) is 4.61. The summed E-state index contributed by atoms with van der Waals surface area (Å²) in [6.45, 7) is 7.61. The van der Waals surface area contributed by atoms with Gasteiger partial charge in [-0.05, 0) is 62.8 Å². The van der Waals surface area contributed by atoms with Crippen molar-refractivity contribution in [3.63, 3.8) is 0 Å². The molecule has 1 aromatic carbocycles. The molecule has 0 unspecified atom stereocenters. The largest absolute Gasteiger partial charge is 0.513 e. The van der Waals surface area contributed by atoms with Gasteiger partial charge in [-0.2, -0.15) is 0 Å². The molecular weight excluding hydrogens is 376 g/mol. The van der Waals surface area contributed by atoms with Crippen LogP contribution in [0.1, 0.15) is 48.9 Å². The van der Waals surface area contributed by atoms with Gasteiger partial charge in [-0.3, -0.25) is 0 Å². The zero-order chi connectivity index (χ0) is 21.1. The van der Waals surface area contributed by atoms with Gasteiger partial charge < -0.3 is 18.9 Å². The molecule has 0 spiro atoms. The van der Waals surface area contributed by atoms with E-state index in [-0.39, 0.29) is 25.1 Å². The fourth-order valence-corrected chi connectivity index (χ4v) is 2.71. The number of carbonyl (C=O) groups excluding carboxylic acids is 3. The highest BCUT2D eigenvalue weighted by Crippen LogP contribution is 2.25. The van der Waals surface area contributed by atoms with Gasteiger partial charge in [-0.25, -0.2) is 14.4 Å². The summed E-state index contributed by atoms with van der Waals surface area (Å²) in [5, 5.41) is 0. The Labute approximate surface area is 170 Å². The quantitative estimate of drug-likeness (QED) is 0.151. The minimum absolute atomic E-state index is 0.0841. The average molecular weight is 402 g/mol. The summed E-state index contributed by atoms with van der Waals surface area (Å²) >= 11 is 0. The lowest BCUT2D eigenvalue weighted by Crippen LogP contribution is -2.21. The molecule has 1 aliphatic carbocycles. The first kappa shape index (κ1) is 22.2. The van der Waals surface area contributed by atoms with Crippen LogP contribution in [0.3, 0.4) is 0 Å². The number of rotatable bonds is 9. The fraction of sp³-hybridized carbons (Fsp3) is 0.409. The van der Waals surface area contributed by atoms with Gasteiger partial charge in [-0.1, -0.05) is 18.7 Å². The van der Waals surface area contributed by atoms with Crippen LogP contribution < -0.4 is 4.74 Å². The summed E-state index contributed by atoms with van der Waals surface area (Å²) in [5.74, 6) is -0.614. The number of allylic oxidation sites excluding steroid dienone is 1. The van der Waals surface area contributed by atoms with E-state index < -0.39 is 18.1 Å². The van der Waals surface area contributed by atoms with Crippen LogP contribution in [0.5, 0.6) is 5.75 Å². The molecule has 0 amide bonds. The average Bonchev–Trinajstić information content (AvgIpc) is 2.72. The van der Waals surface area contributed by atoms with Crippen LogP contribution in [0.4, 0.5) is 4.79 Å². The number of esters is 2. The lowest BCUT2D eigenvalue weighted by Gasteiger charge is -2.23. The molecule has 156 valence electrons. The molecule has 1 fully saturated rings. The normalized spacial score (nSPS) is 14.0. The van der Waals surface area contributed by atoms with E-state index in [9.17, 15) is 14.4 Å². The third-order valence-electron chi connectivity index (χ3n) is 4.37. The molecular formula is C22H26O7. The van der Waals surface area contributed by atoms with Crippen LogP contribution >= 0.6 is 0 Å². The standard InChI is InChI=1S/C22H26O7/c1-3-20(23)26-14-4-5-15-27-22(25)29-19-12-8-17(9-13-19)21(24)28-18-10-6-16(2)7-11-18/h3,8-9,12-13,18H,1-2,4-7,10-11,14-15H2. The molecule has 2 rings (SSSR count). The molecule has 7 nitrogen and oxygen atoms in total. The van der Waals surface area contributed by atoms with E-state index in [1.54, 1.807) is 12.1 Å².